The number of phosphoric acid groups is 1. The first kappa shape index (κ1) is 48.7. The third-order valence-corrected chi connectivity index (χ3v) is 8.76. The lowest BCUT2D eigenvalue weighted by molar-refractivity contribution is -0.154. The molecule has 0 aromatic carbocycles. The van der Waals surface area contributed by atoms with Crippen LogP contribution < -0.4 is 5.73 Å². The van der Waals surface area contributed by atoms with Crippen molar-refractivity contribution in [1.82, 2.24) is 0 Å². The van der Waals surface area contributed by atoms with E-state index in [1.807, 2.05) is 0 Å². The smallest absolute Gasteiger partial charge is 0.472 e. The fourth-order valence-electron chi connectivity index (χ4n) is 4.80. The Kier molecular flexibility index (Phi) is 34.4. The fraction of sp³-hybridized carbons (Fsp3) is 0.700. The van der Waals surface area contributed by atoms with Crippen LogP contribution in [0.5, 0.6) is 0 Å². The van der Waals surface area contributed by atoms with E-state index >= 15 is 0 Å². The van der Waals surface area contributed by atoms with Gasteiger partial charge in [0.2, 0.25) is 0 Å². The molecule has 0 radical (unpaired) electrons. The summed E-state index contributed by atoms with van der Waals surface area (Å²) in [5.74, 6) is -1.80. The van der Waals surface area contributed by atoms with Crippen molar-refractivity contribution in [3.63, 3.8) is 0 Å². The lowest BCUT2D eigenvalue weighted by atomic mass is 10.1. The Balaban J connectivity index is 4.38. The highest BCUT2D eigenvalue weighted by molar-refractivity contribution is 7.47. The zero-order chi connectivity index (χ0) is 37.7. The number of carboxylic acids is 1. The number of ether oxygens (including phenoxy) is 2. The van der Waals surface area contributed by atoms with Gasteiger partial charge in [-0.2, -0.15) is 0 Å². The summed E-state index contributed by atoms with van der Waals surface area (Å²) in [5, 5.41) is 8.86. The van der Waals surface area contributed by atoms with Gasteiger partial charge in [-0.15, -0.1) is 0 Å². The number of hydrogen-bond donors (Lipinski definition) is 3. The number of allylic oxidation sites excluding steroid dienone is 10. The van der Waals surface area contributed by atoms with Gasteiger partial charge in [0.25, 0.3) is 0 Å². The van der Waals surface area contributed by atoms with E-state index in [1.54, 1.807) is 0 Å². The lowest BCUT2D eigenvalue weighted by Crippen LogP contribution is -2.34. The van der Waals surface area contributed by atoms with Crippen LogP contribution in [0.3, 0.4) is 0 Å². The number of carbonyl (C=O) groups is 2. The van der Waals surface area contributed by atoms with E-state index in [0.717, 1.165) is 70.6 Å². The summed E-state index contributed by atoms with van der Waals surface area (Å²) in [6.07, 6.45) is 41.4. The highest BCUT2D eigenvalue weighted by atomic mass is 31.2. The van der Waals surface area contributed by atoms with Gasteiger partial charge in [0.1, 0.15) is 12.1 Å². The van der Waals surface area contributed by atoms with Crippen molar-refractivity contribution in [3.05, 3.63) is 60.8 Å². The van der Waals surface area contributed by atoms with Gasteiger partial charge in [-0.05, 0) is 57.8 Å². The van der Waals surface area contributed by atoms with Gasteiger partial charge in [0.05, 0.1) is 19.8 Å². The Bertz CT molecular complexity index is 1040. The molecule has 0 saturated carbocycles. The SMILES string of the molecule is CC/C=C\C/C=C\C/C=C\C/C=C\C/C=C\CCCCOCC(COP(=O)(O)OCC(N)C(=O)O)OC(=O)CCCCCCCCCCCCC. The Morgan fingerprint density at radius 3 is 1.67 bits per heavy atom. The van der Waals surface area contributed by atoms with Crippen molar-refractivity contribution in [2.45, 2.75) is 154 Å². The molecule has 0 aliphatic carbocycles. The summed E-state index contributed by atoms with van der Waals surface area (Å²) < 4.78 is 33.1. The second-order valence-corrected chi connectivity index (χ2v) is 14.1. The first-order chi connectivity index (χ1) is 24.7. The normalized spacial score (nSPS) is 14.7. The first-order valence-corrected chi connectivity index (χ1v) is 20.8. The zero-order valence-corrected chi connectivity index (χ0v) is 32.6. The van der Waals surface area contributed by atoms with Crippen molar-refractivity contribution in [3.8, 4) is 0 Å². The van der Waals surface area contributed by atoms with Crippen LogP contribution in [-0.2, 0) is 32.7 Å². The number of nitrogens with two attached hydrogens (primary N) is 1. The van der Waals surface area contributed by atoms with Crippen LogP contribution in [0.15, 0.2) is 60.8 Å². The molecule has 0 fully saturated rings. The molecule has 294 valence electrons. The Labute approximate surface area is 309 Å². The average molecular weight is 740 g/mol. The Morgan fingerprint density at radius 1 is 0.647 bits per heavy atom. The minimum Gasteiger partial charge on any atom is -0.480 e. The predicted molar refractivity (Wildman–Crippen MR) is 207 cm³/mol. The van der Waals surface area contributed by atoms with Crippen LogP contribution in [-0.4, -0.2) is 60.5 Å². The average Bonchev–Trinajstić information content (AvgIpc) is 3.10. The van der Waals surface area contributed by atoms with Crippen molar-refractivity contribution >= 4 is 19.8 Å². The maximum atomic E-state index is 12.5. The van der Waals surface area contributed by atoms with E-state index < -0.39 is 45.1 Å². The third kappa shape index (κ3) is 35.8. The number of hydrogen-bond acceptors (Lipinski definition) is 8. The molecular formula is C40H70NO9P. The van der Waals surface area contributed by atoms with Gasteiger partial charge in [-0.3, -0.25) is 18.6 Å². The van der Waals surface area contributed by atoms with E-state index in [2.05, 4.69) is 79.1 Å². The summed E-state index contributed by atoms with van der Waals surface area (Å²) in [5.41, 5.74) is 5.33. The number of esters is 1. The van der Waals surface area contributed by atoms with Crippen LogP contribution >= 0.6 is 7.82 Å². The molecule has 0 heterocycles. The summed E-state index contributed by atoms with van der Waals surface area (Å²) in [6.45, 7) is 3.62. The largest absolute Gasteiger partial charge is 0.480 e. The molecular weight excluding hydrogens is 669 g/mol. The number of aliphatic carboxylic acids is 1. The summed E-state index contributed by atoms with van der Waals surface area (Å²) >= 11 is 0. The minimum absolute atomic E-state index is 0.0136. The van der Waals surface area contributed by atoms with Crippen LogP contribution in [0.2, 0.25) is 0 Å². The number of rotatable bonds is 36. The molecule has 0 spiro atoms. The van der Waals surface area contributed by atoms with E-state index in [4.69, 9.17) is 24.8 Å². The van der Waals surface area contributed by atoms with Crippen LogP contribution in [0.1, 0.15) is 142 Å². The number of unbranched alkanes of at least 4 members (excludes halogenated alkanes) is 12. The van der Waals surface area contributed by atoms with Crippen molar-refractivity contribution in [2.24, 2.45) is 5.73 Å². The zero-order valence-electron chi connectivity index (χ0n) is 31.7. The van der Waals surface area contributed by atoms with Gasteiger partial charge < -0.3 is 25.2 Å². The van der Waals surface area contributed by atoms with E-state index in [0.29, 0.717) is 13.0 Å². The number of phosphoric ester groups is 1. The standard InChI is InChI=1S/C40H70NO9P/c1-3-5-7-9-11-13-15-16-17-18-19-20-21-23-25-27-29-31-33-47-34-37(35-48-51(45,46)49-36-38(41)40(43)44)50-39(42)32-30-28-26-24-22-14-12-10-8-6-4-2/h5,7,11,13,16-17,19-20,23,25,37-38H,3-4,6,8-10,12,14-15,18,21-22,24,26-36,41H2,1-2H3,(H,43,44)(H,45,46)/b7-5-,13-11-,17-16-,20-19-,25-23-. The lowest BCUT2D eigenvalue weighted by Gasteiger charge is -2.20. The van der Waals surface area contributed by atoms with Crippen molar-refractivity contribution in [2.75, 3.05) is 26.4 Å². The molecule has 0 bridgehead atoms. The van der Waals surface area contributed by atoms with Crippen LogP contribution in [0.25, 0.3) is 0 Å². The maximum Gasteiger partial charge on any atom is 0.472 e. The number of carbonyl (C=O) groups excluding carboxylic acids is 1. The van der Waals surface area contributed by atoms with Crippen molar-refractivity contribution < 1.29 is 42.7 Å². The predicted octanol–water partition coefficient (Wildman–Crippen LogP) is 10.1. The summed E-state index contributed by atoms with van der Waals surface area (Å²) in [4.78, 5) is 33.4. The van der Waals surface area contributed by atoms with E-state index in [-0.39, 0.29) is 13.0 Å². The van der Waals surface area contributed by atoms with E-state index in [9.17, 15) is 19.0 Å². The maximum absolute atomic E-state index is 12.5. The Hall–Kier alpha value is -2.33. The molecule has 4 N–H and O–H groups in total. The topological polar surface area (TPSA) is 155 Å². The monoisotopic (exact) mass is 739 g/mol. The first-order valence-electron chi connectivity index (χ1n) is 19.3. The molecule has 3 atom stereocenters. The second-order valence-electron chi connectivity index (χ2n) is 12.7. The molecule has 0 saturated heterocycles. The minimum atomic E-state index is -4.62. The molecule has 0 amide bonds. The molecule has 0 aliphatic heterocycles. The molecule has 10 nitrogen and oxygen atoms in total. The molecule has 3 unspecified atom stereocenters. The molecule has 0 aromatic heterocycles. The molecule has 11 heteroatoms. The quantitative estimate of drug-likeness (QED) is 0.0245. The van der Waals surface area contributed by atoms with Crippen LogP contribution in [0.4, 0.5) is 0 Å². The highest BCUT2D eigenvalue weighted by Crippen LogP contribution is 2.43. The van der Waals surface area contributed by atoms with Gasteiger partial charge in [0, 0.05) is 13.0 Å². The molecule has 0 aliphatic rings. The van der Waals surface area contributed by atoms with Gasteiger partial charge in [0.15, 0.2) is 0 Å². The second kappa shape index (κ2) is 36.0. The van der Waals surface area contributed by atoms with Gasteiger partial charge >= 0.3 is 19.8 Å². The number of carboxylic acid groups (broad SMARTS) is 1. The Morgan fingerprint density at radius 2 is 1.14 bits per heavy atom. The molecule has 0 aromatic rings. The van der Waals surface area contributed by atoms with Crippen LogP contribution in [0, 0.1) is 0 Å². The summed E-state index contributed by atoms with van der Waals surface area (Å²) in [6, 6.07) is -1.48. The molecule has 51 heavy (non-hydrogen) atoms. The van der Waals surface area contributed by atoms with Gasteiger partial charge in [-0.1, -0.05) is 139 Å². The highest BCUT2D eigenvalue weighted by Gasteiger charge is 2.27. The fourth-order valence-corrected chi connectivity index (χ4v) is 5.58. The molecule has 0 rings (SSSR count). The summed E-state index contributed by atoms with van der Waals surface area (Å²) in [7, 11) is -4.62. The van der Waals surface area contributed by atoms with Crippen molar-refractivity contribution in [1.29, 1.82) is 0 Å². The third-order valence-electron chi connectivity index (χ3n) is 7.81. The van der Waals surface area contributed by atoms with Gasteiger partial charge in [-0.25, -0.2) is 4.57 Å². The van der Waals surface area contributed by atoms with E-state index in [1.165, 1.54) is 44.9 Å².